The first kappa shape index (κ1) is 64.0. The van der Waals surface area contributed by atoms with Crippen LogP contribution in [-0.4, -0.2) is 188 Å². The van der Waals surface area contributed by atoms with E-state index in [1.807, 2.05) is 72.4 Å². The van der Waals surface area contributed by atoms with Crippen molar-refractivity contribution in [1.82, 2.24) is 25.1 Å². The number of carbonyl (C=O) groups excluding carboxylic acids is 2. The first-order valence-electron chi connectivity index (χ1n) is 26.0. The zero-order valence-corrected chi connectivity index (χ0v) is 46.1. The molecule has 7 N–H and O–H groups in total. The highest BCUT2D eigenvalue weighted by molar-refractivity contribution is 5.76. The normalized spacial score (nSPS) is 35.9. The number of nitrogens with zero attached hydrogens (tertiary/aromatic N) is 4. The van der Waals surface area contributed by atoms with Crippen molar-refractivity contribution in [2.75, 3.05) is 48.1 Å². The standard InChI is InChI=1S/C30H57NO8.C23H31FN4O4.CH4O/c1-12-23-30(9,35)26(32)22(6)31(10)17-18(2)13-28(7,34)14-19(3)25(21(5)27(33)38-23)39-24-16-29(8,36-11)15-20(4)37-24;1-15-9-19(10-22(30)32-15)28(2)8-7-21(29)27-20(11-24)23(31)17-5-3-16(4-6-17)18-12-25-14-26-13-18;1-2/h18-26,32,34-35H,12-17H2,1-11H3;3-6,12-15,19-20,22-23,30-31H,7-11H2,1-2H3,(H,27,29);2H,1H3/t18-,19-,20+,21-,22-,23-,24+,25+,26-,28-,29+,30-;15-,19+,20-,22-,23-;/m11./s1. The first-order valence-corrected chi connectivity index (χ1v) is 26.0. The monoisotopic (exact) mass is 1040 g/mol. The van der Waals surface area contributed by atoms with E-state index in [4.69, 9.17) is 28.8 Å². The number of hydrogen-bond donors (Lipinski definition) is 7. The molecule has 3 aliphatic heterocycles. The van der Waals surface area contributed by atoms with E-state index in [0.29, 0.717) is 50.8 Å². The molecule has 0 bridgehead atoms. The van der Waals surface area contributed by atoms with Crippen LogP contribution in [0.2, 0.25) is 0 Å². The molecule has 5 rings (SSSR count). The topological polar surface area (TPSA) is 246 Å². The predicted molar refractivity (Wildman–Crippen MR) is 275 cm³/mol. The molecule has 418 valence electrons. The fraction of sp³-hybridized carbons (Fsp3) is 0.778. The maximum absolute atomic E-state index is 13.6. The molecular formula is C54H92FN5O13. The Morgan fingerprint density at radius 1 is 0.945 bits per heavy atom. The lowest BCUT2D eigenvalue weighted by Crippen LogP contribution is -2.59. The lowest BCUT2D eigenvalue weighted by molar-refractivity contribution is -0.265. The number of ether oxygens (including phenoxy) is 5. The fourth-order valence-corrected chi connectivity index (χ4v) is 10.8. The Labute approximate surface area is 434 Å². The van der Waals surface area contributed by atoms with Crippen LogP contribution in [0.1, 0.15) is 132 Å². The highest BCUT2D eigenvalue weighted by Crippen LogP contribution is 2.37. The van der Waals surface area contributed by atoms with Gasteiger partial charge in [0, 0.05) is 83.0 Å². The summed E-state index contributed by atoms with van der Waals surface area (Å²) in [4.78, 5) is 37.9. The van der Waals surface area contributed by atoms with Crippen molar-refractivity contribution in [1.29, 1.82) is 0 Å². The van der Waals surface area contributed by atoms with Crippen molar-refractivity contribution < 1.29 is 68.3 Å². The van der Waals surface area contributed by atoms with Crippen molar-refractivity contribution in [2.45, 2.75) is 205 Å². The van der Waals surface area contributed by atoms with Crippen LogP contribution in [0.4, 0.5) is 4.39 Å². The Morgan fingerprint density at radius 3 is 2.15 bits per heavy atom. The quantitative estimate of drug-likeness (QED) is 0.131. The smallest absolute Gasteiger partial charge is 0.311 e. The number of benzene rings is 1. The van der Waals surface area contributed by atoms with E-state index < -0.39 is 84.4 Å². The van der Waals surface area contributed by atoms with Gasteiger partial charge in [0.1, 0.15) is 36.9 Å². The summed E-state index contributed by atoms with van der Waals surface area (Å²) in [6, 6.07) is 5.67. The largest absolute Gasteiger partial charge is 0.459 e. The van der Waals surface area contributed by atoms with E-state index in [1.54, 1.807) is 50.7 Å². The average molecular weight is 1040 g/mol. The number of halogens is 1. The molecule has 0 unspecified atom stereocenters. The molecule has 0 radical (unpaired) electrons. The number of likely N-dealkylation sites (N-methyl/N-ethyl adjacent to an activating group) is 1. The minimum atomic E-state index is -1.67. The molecule has 1 amide bonds. The molecular weight excluding hydrogens is 946 g/mol. The SMILES string of the molecule is CC[C@H]1OC(=O)[C@H](C)[C@@H](O[C@H]2C[C@@](C)(OC)C[C@H](C)O2)[C@H](C)C[C@](C)(O)C[C@@H](C)CN(C)[C@H](C)[C@@H](O)[C@]1(C)O.CO.C[C@@H]1C[C@H](N(C)CCC(=O)N[C@H](CF)[C@H](O)c2ccc(-c3cncnc3)cc2)C[C@H](O)O1. The van der Waals surface area contributed by atoms with Crippen LogP contribution in [-0.2, 0) is 33.3 Å². The summed E-state index contributed by atoms with van der Waals surface area (Å²) in [5.74, 6) is -1.67. The number of esters is 1. The number of alkyl halides is 1. The minimum Gasteiger partial charge on any atom is -0.459 e. The third kappa shape index (κ3) is 19.0. The zero-order valence-electron chi connectivity index (χ0n) is 46.1. The molecule has 1 aromatic carbocycles. The highest BCUT2D eigenvalue weighted by Gasteiger charge is 2.47. The number of cyclic esters (lactones) is 1. The Hall–Kier alpha value is -3.31. The number of amides is 1. The zero-order chi connectivity index (χ0) is 55.0. The van der Waals surface area contributed by atoms with Crippen LogP contribution >= 0.6 is 0 Å². The van der Waals surface area contributed by atoms with E-state index in [-0.39, 0.29) is 42.4 Å². The Kier molecular flexibility index (Phi) is 25.7. The van der Waals surface area contributed by atoms with E-state index >= 15 is 0 Å². The van der Waals surface area contributed by atoms with Crippen LogP contribution in [0.25, 0.3) is 11.1 Å². The Balaban J connectivity index is 0.000000379. The van der Waals surface area contributed by atoms with E-state index in [9.17, 15) is 39.5 Å². The van der Waals surface area contributed by atoms with E-state index in [0.717, 1.165) is 31.1 Å². The second kappa shape index (κ2) is 29.3. The maximum Gasteiger partial charge on any atom is 0.311 e. The molecule has 2 aromatic rings. The summed E-state index contributed by atoms with van der Waals surface area (Å²) in [6.45, 7) is 19.0. The lowest BCUT2D eigenvalue weighted by Gasteiger charge is -2.43. The average Bonchev–Trinajstić information content (AvgIpc) is 3.34. The summed E-state index contributed by atoms with van der Waals surface area (Å²) in [7, 11) is 6.47. The summed E-state index contributed by atoms with van der Waals surface area (Å²) >= 11 is 0. The predicted octanol–water partition coefficient (Wildman–Crippen LogP) is 4.96. The van der Waals surface area contributed by atoms with Gasteiger partial charge in [0.2, 0.25) is 5.91 Å². The molecule has 3 aliphatic rings. The molecule has 0 spiro atoms. The molecule has 3 saturated heterocycles. The van der Waals surface area contributed by atoms with Crippen molar-refractivity contribution in [3.63, 3.8) is 0 Å². The van der Waals surface area contributed by atoms with Gasteiger partial charge in [-0.1, -0.05) is 45.0 Å². The van der Waals surface area contributed by atoms with Gasteiger partial charge in [-0.25, -0.2) is 14.4 Å². The third-order valence-electron chi connectivity index (χ3n) is 14.9. The summed E-state index contributed by atoms with van der Waals surface area (Å²) in [5, 5.41) is 64.1. The van der Waals surface area contributed by atoms with Crippen LogP contribution in [0.3, 0.4) is 0 Å². The van der Waals surface area contributed by atoms with Gasteiger partial charge in [-0.3, -0.25) is 9.59 Å². The Morgan fingerprint density at radius 2 is 1.58 bits per heavy atom. The summed E-state index contributed by atoms with van der Waals surface area (Å²) in [5.41, 5.74) is -0.877. The number of aromatic nitrogens is 2. The fourth-order valence-electron chi connectivity index (χ4n) is 10.8. The van der Waals surface area contributed by atoms with Crippen LogP contribution in [0.5, 0.6) is 0 Å². The number of methoxy groups -OCH3 is 1. The summed E-state index contributed by atoms with van der Waals surface area (Å²) < 4.78 is 43.3. The van der Waals surface area contributed by atoms with Crippen LogP contribution < -0.4 is 5.32 Å². The molecule has 19 heteroatoms. The van der Waals surface area contributed by atoms with Gasteiger partial charge in [0.05, 0.1) is 41.5 Å². The molecule has 0 saturated carbocycles. The van der Waals surface area contributed by atoms with Crippen LogP contribution in [0.15, 0.2) is 43.0 Å². The third-order valence-corrected chi connectivity index (χ3v) is 14.9. The number of nitrogens with one attached hydrogen (secondary N) is 1. The van der Waals surface area contributed by atoms with Crippen molar-refractivity contribution >= 4 is 11.9 Å². The number of hydrogen-bond acceptors (Lipinski definition) is 17. The maximum atomic E-state index is 13.6. The number of rotatable bonds is 13. The number of aliphatic hydroxyl groups excluding tert-OH is 4. The van der Waals surface area contributed by atoms with Gasteiger partial charge >= 0.3 is 5.97 Å². The van der Waals surface area contributed by atoms with Gasteiger partial charge in [-0.15, -0.1) is 0 Å². The molecule has 3 fully saturated rings. The van der Waals surface area contributed by atoms with E-state index in [1.165, 1.54) is 13.3 Å². The second-order valence-corrected chi connectivity index (χ2v) is 21.8. The van der Waals surface area contributed by atoms with Crippen molar-refractivity contribution in [3.8, 4) is 11.1 Å². The van der Waals surface area contributed by atoms with Gasteiger partial charge in [-0.05, 0) is 111 Å². The van der Waals surface area contributed by atoms with E-state index in [2.05, 4.69) is 22.2 Å². The molecule has 18 nitrogen and oxygen atoms in total. The second-order valence-electron chi connectivity index (χ2n) is 21.8. The molecule has 0 aliphatic carbocycles. The summed E-state index contributed by atoms with van der Waals surface area (Å²) in [6.07, 6.45) is 3.36. The first-order chi connectivity index (χ1) is 34.2. The molecule has 1 aromatic heterocycles. The highest BCUT2D eigenvalue weighted by atomic mass is 19.1. The molecule has 73 heavy (non-hydrogen) atoms. The van der Waals surface area contributed by atoms with Gasteiger partial charge in [0.25, 0.3) is 0 Å². The van der Waals surface area contributed by atoms with Gasteiger partial charge in [0.15, 0.2) is 12.6 Å². The lowest BCUT2D eigenvalue weighted by atomic mass is 9.80. The minimum absolute atomic E-state index is 0.0492. The molecule has 17 atom stereocenters. The molecule has 4 heterocycles. The van der Waals surface area contributed by atoms with Gasteiger partial charge in [-0.2, -0.15) is 0 Å². The Bertz CT molecular complexity index is 1910. The van der Waals surface area contributed by atoms with Crippen molar-refractivity contribution in [2.24, 2.45) is 17.8 Å². The number of aliphatic hydroxyl groups is 6. The van der Waals surface area contributed by atoms with Crippen LogP contribution in [0, 0.1) is 17.8 Å². The van der Waals surface area contributed by atoms with Gasteiger partial charge < -0.3 is 69.4 Å². The number of carbonyl (C=O) groups is 2. The van der Waals surface area contributed by atoms with Crippen molar-refractivity contribution in [3.05, 3.63) is 48.5 Å².